The molecule has 0 saturated heterocycles. The molecule has 4 heteroatoms. The summed E-state index contributed by atoms with van der Waals surface area (Å²) >= 11 is 0. The molecule has 0 heterocycles. The van der Waals surface area contributed by atoms with Crippen molar-refractivity contribution in [3.05, 3.63) is 48.5 Å². The van der Waals surface area contributed by atoms with Crippen LogP contribution in [0, 0.1) is 35.5 Å². The van der Waals surface area contributed by atoms with Crippen LogP contribution < -0.4 is 10.6 Å². The SMILES string of the molecule is O=C(Nc1ccccc1-c1ccccc1NC(=O)C1[C@@H]2CCCC[C@@H]12)C1[C@H]2CCCC[C@@H]12. The van der Waals surface area contributed by atoms with Crippen molar-refractivity contribution in [2.45, 2.75) is 51.4 Å². The first kappa shape index (κ1) is 20.0. The van der Waals surface area contributed by atoms with Crippen LogP contribution >= 0.6 is 0 Å². The smallest absolute Gasteiger partial charge is 0.228 e. The van der Waals surface area contributed by atoms with Gasteiger partial charge in [-0.05, 0) is 61.5 Å². The molecule has 2 aromatic rings. The molecule has 4 aliphatic carbocycles. The molecule has 1 unspecified atom stereocenters. The minimum atomic E-state index is 0.165. The summed E-state index contributed by atoms with van der Waals surface area (Å²) in [6, 6.07) is 16.0. The Morgan fingerprint density at radius 1 is 0.562 bits per heavy atom. The van der Waals surface area contributed by atoms with Gasteiger partial charge in [-0.2, -0.15) is 0 Å². The topological polar surface area (TPSA) is 58.2 Å². The molecule has 32 heavy (non-hydrogen) atoms. The van der Waals surface area contributed by atoms with Gasteiger partial charge < -0.3 is 10.6 Å². The number of carbonyl (C=O) groups is 2. The van der Waals surface area contributed by atoms with Gasteiger partial charge in [0.25, 0.3) is 0 Å². The van der Waals surface area contributed by atoms with Gasteiger partial charge in [0.1, 0.15) is 0 Å². The quantitative estimate of drug-likeness (QED) is 0.604. The number of hydrogen-bond donors (Lipinski definition) is 2. The monoisotopic (exact) mass is 428 g/mol. The van der Waals surface area contributed by atoms with Crippen molar-refractivity contribution >= 4 is 23.2 Å². The van der Waals surface area contributed by atoms with Crippen LogP contribution in [0.2, 0.25) is 0 Å². The van der Waals surface area contributed by atoms with Gasteiger partial charge in [-0.3, -0.25) is 9.59 Å². The molecule has 4 saturated carbocycles. The lowest BCUT2D eigenvalue weighted by Gasteiger charge is -2.15. The minimum Gasteiger partial charge on any atom is -0.325 e. The summed E-state index contributed by atoms with van der Waals surface area (Å²) in [5.41, 5.74) is 3.60. The predicted octanol–water partition coefficient (Wildman–Crippen LogP) is 6.10. The zero-order chi connectivity index (χ0) is 21.7. The van der Waals surface area contributed by atoms with Crippen LogP contribution in [0.25, 0.3) is 11.1 Å². The van der Waals surface area contributed by atoms with Crippen molar-refractivity contribution in [2.75, 3.05) is 10.6 Å². The van der Waals surface area contributed by atoms with Crippen molar-refractivity contribution < 1.29 is 9.59 Å². The summed E-state index contributed by atoms with van der Waals surface area (Å²) in [7, 11) is 0. The fraction of sp³-hybridized carbons (Fsp3) is 0.500. The van der Waals surface area contributed by atoms with Crippen LogP contribution in [0.1, 0.15) is 51.4 Å². The maximum Gasteiger partial charge on any atom is 0.228 e. The number of carbonyl (C=O) groups excluding carboxylic acids is 2. The predicted molar refractivity (Wildman–Crippen MR) is 127 cm³/mol. The van der Waals surface area contributed by atoms with Gasteiger partial charge in [-0.25, -0.2) is 0 Å². The summed E-state index contributed by atoms with van der Waals surface area (Å²) in [6.45, 7) is 0. The molecule has 0 aromatic heterocycles. The van der Waals surface area contributed by atoms with Crippen LogP contribution in [-0.4, -0.2) is 11.8 Å². The summed E-state index contributed by atoms with van der Waals surface area (Å²) < 4.78 is 0. The standard InChI is InChI=1S/C28H32N2O2/c31-27(25-19-11-1-2-12-20(19)25)29-23-15-7-5-9-17(23)18-10-6-8-16-24(18)30-28(32)26-21-13-3-4-14-22(21)26/h5-10,15-16,19-22,25-26H,1-4,11-14H2,(H,29,31)(H,30,32)/t19-,20-,21-,22+,26?/m1/s1. The maximum absolute atomic E-state index is 13.0. The van der Waals surface area contributed by atoms with Gasteiger partial charge in [0, 0.05) is 34.3 Å². The molecule has 2 N–H and O–H groups in total. The molecular weight excluding hydrogens is 396 g/mol. The van der Waals surface area contributed by atoms with E-state index in [2.05, 4.69) is 10.6 Å². The van der Waals surface area contributed by atoms with E-state index in [0.29, 0.717) is 23.7 Å². The molecule has 166 valence electrons. The second-order valence-corrected chi connectivity index (χ2v) is 10.3. The van der Waals surface area contributed by atoms with E-state index >= 15 is 0 Å². The van der Waals surface area contributed by atoms with Crippen molar-refractivity contribution in [1.29, 1.82) is 0 Å². The highest BCUT2D eigenvalue weighted by Crippen LogP contribution is 2.56. The Hall–Kier alpha value is -2.62. The largest absolute Gasteiger partial charge is 0.325 e. The lowest BCUT2D eigenvalue weighted by Crippen LogP contribution is -2.17. The van der Waals surface area contributed by atoms with E-state index in [4.69, 9.17) is 0 Å². The lowest BCUT2D eigenvalue weighted by atomic mass is 10.0. The number of fused-ring (bicyclic) bond motifs is 2. The Morgan fingerprint density at radius 2 is 0.906 bits per heavy atom. The molecule has 0 aliphatic heterocycles. The Bertz CT molecular complexity index is 940. The second kappa shape index (κ2) is 8.06. The highest BCUT2D eigenvalue weighted by molar-refractivity contribution is 6.02. The lowest BCUT2D eigenvalue weighted by molar-refractivity contribution is -0.118. The third kappa shape index (κ3) is 3.54. The zero-order valence-electron chi connectivity index (χ0n) is 18.6. The van der Waals surface area contributed by atoms with E-state index in [0.717, 1.165) is 22.5 Å². The van der Waals surface area contributed by atoms with E-state index in [9.17, 15) is 9.59 Å². The molecule has 4 fully saturated rings. The van der Waals surface area contributed by atoms with Crippen LogP contribution in [-0.2, 0) is 9.59 Å². The van der Waals surface area contributed by atoms with Crippen LogP contribution in [0.15, 0.2) is 48.5 Å². The molecule has 6 rings (SSSR count). The molecule has 4 nitrogen and oxygen atoms in total. The number of para-hydroxylation sites is 2. The minimum absolute atomic E-state index is 0.165. The fourth-order valence-corrected chi connectivity index (χ4v) is 6.85. The van der Waals surface area contributed by atoms with E-state index in [1.165, 1.54) is 51.4 Å². The van der Waals surface area contributed by atoms with E-state index in [-0.39, 0.29) is 23.7 Å². The Labute approximate surface area is 190 Å². The van der Waals surface area contributed by atoms with Crippen molar-refractivity contribution in [2.24, 2.45) is 35.5 Å². The molecule has 2 aromatic carbocycles. The Morgan fingerprint density at radius 3 is 1.28 bits per heavy atom. The number of hydrogen-bond acceptors (Lipinski definition) is 2. The molecule has 2 amide bonds. The van der Waals surface area contributed by atoms with Gasteiger partial charge in [0.15, 0.2) is 0 Å². The van der Waals surface area contributed by atoms with Gasteiger partial charge >= 0.3 is 0 Å². The average molecular weight is 429 g/mol. The molecule has 5 atom stereocenters. The van der Waals surface area contributed by atoms with E-state index in [1.54, 1.807) is 0 Å². The normalized spacial score (nSPS) is 32.2. The third-order valence-corrected chi connectivity index (χ3v) is 8.58. The number of benzene rings is 2. The summed E-state index contributed by atoms with van der Waals surface area (Å²) in [6.07, 6.45) is 9.83. The zero-order valence-corrected chi connectivity index (χ0v) is 18.6. The van der Waals surface area contributed by atoms with Crippen molar-refractivity contribution in [1.82, 2.24) is 0 Å². The molecule has 0 spiro atoms. The first-order valence-electron chi connectivity index (χ1n) is 12.5. The second-order valence-electron chi connectivity index (χ2n) is 10.3. The van der Waals surface area contributed by atoms with Crippen molar-refractivity contribution in [3.63, 3.8) is 0 Å². The summed E-state index contributed by atoms with van der Waals surface area (Å²) in [5.74, 6) is 3.04. The summed E-state index contributed by atoms with van der Waals surface area (Å²) in [4.78, 5) is 26.1. The Kier molecular flexibility index (Phi) is 5.04. The summed E-state index contributed by atoms with van der Waals surface area (Å²) in [5, 5.41) is 6.46. The third-order valence-electron chi connectivity index (χ3n) is 8.58. The highest BCUT2D eigenvalue weighted by Gasteiger charge is 2.55. The molecular formula is C28H32N2O2. The highest BCUT2D eigenvalue weighted by atomic mass is 16.2. The van der Waals surface area contributed by atoms with Gasteiger partial charge in [0.2, 0.25) is 11.8 Å². The van der Waals surface area contributed by atoms with Gasteiger partial charge in [0.05, 0.1) is 0 Å². The van der Waals surface area contributed by atoms with E-state index < -0.39 is 0 Å². The van der Waals surface area contributed by atoms with Crippen LogP contribution in [0.4, 0.5) is 11.4 Å². The number of nitrogens with one attached hydrogen (secondary N) is 2. The van der Waals surface area contributed by atoms with Crippen molar-refractivity contribution in [3.8, 4) is 11.1 Å². The fourth-order valence-electron chi connectivity index (χ4n) is 6.85. The van der Waals surface area contributed by atoms with Crippen LogP contribution in [0.3, 0.4) is 0 Å². The van der Waals surface area contributed by atoms with Gasteiger partial charge in [-0.15, -0.1) is 0 Å². The molecule has 0 radical (unpaired) electrons. The molecule has 4 aliphatic rings. The Balaban J connectivity index is 1.22. The maximum atomic E-state index is 13.0. The number of rotatable bonds is 5. The number of amides is 2. The average Bonchev–Trinajstić information content (AvgIpc) is 3.72. The van der Waals surface area contributed by atoms with Crippen LogP contribution in [0.5, 0.6) is 0 Å². The first-order valence-corrected chi connectivity index (χ1v) is 12.5. The first-order chi connectivity index (χ1) is 15.7. The molecule has 0 bridgehead atoms. The number of anilines is 2. The van der Waals surface area contributed by atoms with Gasteiger partial charge in [-0.1, -0.05) is 62.1 Å². The van der Waals surface area contributed by atoms with E-state index in [1.807, 2.05) is 48.5 Å².